The number of H-pyrrole nitrogens is 1. The molecule has 0 unspecified atom stereocenters. The second-order valence-corrected chi connectivity index (χ2v) is 4.18. The molecule has 7 heteroatoms. The van der Waals surface area contributed by atoms with Crippen molar-refractivity contribution in [3.63, 3.8) is 0 Å². The maximum absolute atomic E-state index is 5.82. The summed E-state index contributed by atoms with van der Waals surface area (Å²) >= 11 is 5.73. The molecule has 0 aliphatic rings. The summed E-state index contributed by atoms with van der Waals surface area (Å²) in [4.78, 5) is 19.5. The molecule has 3 aromatic rings. The molecular formula is C11H9ClN6. The Balaban J connectivity index is 1.97. The molecule has 3 heterocycles. The van der Waals surface area contributed by atoms with Gasteiger partial charge in [0.25, 0.3) is 0 Å². The number of aromatic amines is 1. The number of rotatable bonds is 2. The monoisotopic (exact) mass is 260 g/mol. The Morgan fingerprint density at radius 3 is 2.89 bits per heavy atom. The molecule has 0 saturated heterocycles. The maximum atomic E-state index is 5.82. The van der Waals surface area contributed by atoms with Crippen molar-refractivity contribution in [2.45, 2.75) is 6.42 Å². The maximum Gasteiger partial charge on any atom is 0.183 e. The minimum Gasteiger partial charge on any atom is -0.382 e. The largest absolute Gasteiger partial charge is 0.382 e. The summed E-state index contributed by atoms with van der Waals surface area (Å²) in [6, 6.07) is 3.61. The summed E-state index contributed by atoms with van der Waals surface area (Å²) in [5, 5.41) is 0.460. The van der Waals surface area contributed by atoms with Gasteiger partial charge in [0.2, 0.25) is 0 Å². The minimum atomic E-state index is 0.398. The number of aromatic nitrogens is 5. The van der Waals surface area contributed by atoms with E-state index >= 15 is 0 Å². The molecular weight excluding hydrogens is 252 g/mol. The molecule has 0 atom stereocenters. The lowest BCUT2D eigenvalue weighted by Crippen LogP contribution is -2.02. The van der Waals surface area contributed by atoms with Crippen molar-refractivity contribution in [1.82, 2.24) is 24.9 Å². The van der Waals surface area contributed by atoms with Crippen molar-refractivity contribution in [3.05, 3.63) is 41.2 Å². The molecule has 0 spiro atoms. The first-order valence-corrected chi connectivity index (χ1v) is 5.66. The summed E-state index contributed by atoms with van der Waals surface area (Å²) in [5.74, 6) is 1.01. The van der Waals surface area contributed by atoms with Crippen LogP contribution in [0.15, 0.2) is 24.7 Å². The van der Waals surface area contributed by atoms with Crippen molar-refractivity contribution >= 4 is 28.6 Å². The molecule has 0 fully saturated rings. The van der Waals surface area contributed by atoms with Crippen molar-refractivity contribution in [3.8, 4) is 0 Å². The average Bonchev–Trinajstić information content (AvgIpc) is 2.81. The van der Waals surface area contributed by atoms with E-state index in [-0.39, 0.29) is 0 Å². The molecule has 3 rings (SSSR count). The van der Waals surface area contributed by atoms with Crippen molar-refractivity contribution < 1.29 is 0 Å². The molecule has 3 aromatic heterocycles. The lowest BCUT2D eigenvalue weighted by Gasteiger charge is -2.02. The van der Waals surface area contributed by atoms with E-state index in [2.05, 4.69) is 24.9 Å². The SMILES string of the molecule is Nc1nc(Cc2ccc(Cl)nc2)nc2nc[nH]c12. The predicted molar refractivity (Wildman–Crippen MR) is 68.1 cm³/mol. The number of halogens is 1. The molecule has 3 N–H and O–H groups in total. The number of fused-ring (bicyclic) bond motifs is 1. The van der Waals surface area contributed by atoms with Gasteiger partial charge in [-0.2, -0.15) is 0 Å². The Labute approximate surface area is 107 Å². The molecule has 0 radical (unpaired) electrons. The predicted octanol–water partition coefficient (Wildman–Crippen LogP) is 1.57. The van der Waals surface area contributed by atoms with Crippen LogP contribution in [-0.4, -0.2) is 24.9 Å². The fraction of sp³-hybridized carbons (Fsp3) is 0.0909. The molecule has 0 bridgehead atoms. The summed E-state index contributed by atoms with van der Waals surface area (Å²) in [6.45, 7) is 0. The number of pyridine rings is 1. The minimum absolute atomic E-state index is 0.398. The Hall–Kier alpha value is -2.21. The third-order valence-corrected chi connectivity index (χ3v) is 2.73. The molecule has 90 valence electrons. The Kier molecular flexibility index (Phi) is 2.56. The zero-order chi connectivity index (χ0) is 12.5. The molecule has 18 heavy (non-hydrogen) atoms. The van der Waals surface area contributed by atoms with Crippen LogP contribution >= 0.6 is 11.6 Å². The highest BCUT2D eigenvalue weighted by Gasteiger charge is 2.08. The highest BCUT2D eigenvalue weighted by Crippen LogP contribution is 2.15. The molecule has 6 nitrogen and oxygen atoms in total. The van der Waals surface area contributed by atoms with E-state index in [1.54, 1.807) is 18.6 Å². The lowest BCUT2D eigenvalue weighted by atomic mass is 10.2. The quantitative estimate of drug-likeness (QED) is 0.682. The third kappa shape index (κ3) is 1.98. The zero-order valence-electron chi connectivity index (χ0n) is 9.26. The van der Waals surface area contributed by atoms with Crippen LogP contribution in [-0.2, 0) is 6.42 Å². The highest BCUT2D eigenvalue weighted by molar-refractivity contribution is 6.29. The molecule has 0 aliphatic carbocycles. The standard InChI is InChI=1S/C11H9ClN6/c12-7-2-1-6(4-14-7)3-8-17-10(13)9-11(18-8)16-5-15-9/h1-2,4-5H,3H2,(H3,13,15,16,17,18). The van der Waals surface area contributed by atoms with Crippen LogP contribution in [0, 0.1) is 0 Å². The van der Waals surface area contributed by atoms with Crippen molar-refractivity contribution in [2.75, 3.05) is 5.73 Å². The summed E-state index contributed by atoms with van der Waals surface area (Å²) < 4.78 is 0. The third-order valence-electron chi connectivity index (χ3n) is 2.51. The average molecular weight is 261 g/mol. The first-order chi connectivity index (χ1) is 8.72. The fourth-order valence-electron chi connectivity index (χ4n) is 1.68. The molecule has 0 saturated carbocycles. The van der Waals surface area contributed by atoms with Gasteiger partial charge in [-0.05, 0) is 11.6 Å². The summed E-state index contributed by atoms with van der Waals surface area (Å²) in [6.07, 6.45) is 3.77. The van der Waals surface area contributed by atoms with Crippen LogP contribution in [0.1, 0.15) is 11.4 Å². The topological polar surface area (TPSA) is 93.4 Å². The first-order valence-electron chi connectivity index (χ1n) is 5.28. The van der Waals surface area contributed by atoms with Crippen LogP contribution in [0.4, 0.5) is 5.82 Å². The Morgan fingerprint density at radius 1 is 1.22 bits per heavy atom. The normalized spacial score (nSPS) is 10.9. The van der Waals surface area contributed by atoms with Gasteiger partial charge in [0.15, 0.2) is 11.5 Å². The molecule has 0 aromatic carbocycles. The van der Waals surface area contributed by atoms with Gasteiger partial charge in [0, 0.05) is 12.6 Å². The van der Waals surface area contributed by atoms with Gasteiger partial charge in [0.1, 0.15) is 16.5 Å². The smallest absolute Gasteiger partial charge is 0.183 e. The fourth-order valence-corrected chi connectivity index (χ4v) is 1.79. The highest BCUT2D eigenvalue weighted by atomic mass is 35.5. The van der Waals surface area contributed by atoms with Gasteiger partial charge in [-0.25, -0.2) is 19.9 Å². The van der Waals surface area contributed by atoms with Gasteiger partial charge in [0.05, 0.1) is 6.33 Å². The van der Waals surface area contributed by atoms with Crippen LogP contribution in [0.3, 0.4) is 0 Å². The van der Waals surface area contributed by atoms with Crippen LogP contribution < -0.4 is 5.73 Å². The number of nitrogens with zero attached hydrogens (tertiary/aromatic N) is 4. The van der Waals surface area contributed by atoms with E-state index in [1.165, 1.54) is 0 Å². The lowest BCUT2D eigenvalue weighted by molar-refractivity contribution is 0.983. The van der Waals surface area contributed by atoms with E-state index < -0.39 is 0 Å². The van der Waals surface area contributed by atoms with Crippen LogP contribution in [0.2, 0.25) is 5.15 Å². The number of hydrogen-bond acceptors (Lipinski definition) is 5. The van der Waals surface area contributed by atoms with E-state index in [0.29, 0.717) is 34.4 Å². The number of nitrogens with two attached hydrogens (primary N) is 1. The van der Waals surface area contributed by atoms with Gasteiger partial charge < -0.3 is 10.7 Å². The van der Waals surface area contributed by atoms with E-state index in [4.69, 9.17) is 17.3 Å². The molecule has 0 aliphatic heterocycles. The van der Waals surface area contributed by atoms with Gasteiger partial charge in [-0.1, -0.05) is 17.7 Å². The second-order valence-electron chi connectivity index (χ2n) is 3.79. The van der Waals surface area contributed by atoms with Crippen LogP contribution in [0.25, 0.3) is 11.2 Å². The van der Waals surface area contributed by atoms with Crippen molar-refractivity contribution in [1.29, 1.82) is 0 Å². The molecule has 0 amide bonds. The van der Waals surface area contributed by atoms with E-state index in [0.717, 1.165) is 5.56 Å². The van der Waals surface area contributed by atoms with E-state index in [9.17, 15) is 0 Å². The Bertz CT molecular complexity index is 690. The van der Waals surface area contributed by atoms with E-state index in [1.807, 2.05) is 6.07 Å². The number of anilines is 1. The van der Waals surface area contributed by atoms with Crippen LogP contribution in [0.5, 0.6) is 0 Å². The Morgan fingerprint density at radius 2 is 2.11 bits per heavy atom. The summed E-state index contributed by atoms with van der Waals surface area (Å²) in [7, 11) is 0. The van der Waals surface area contributed by atoms with Crippen molar-refractivity contribution in [2.24, 2.45) is 0 Å². The number of nitrogen functional groups attached to an aromatic ring is 1. The summed E-state index contributed by atoms with van der Waals surface area (Å²) in [5.41, 5.74) is 8.02. The first kappa shape index (κ1) is 10.9. The zero-order valence-corrected chi connectivity index (χ0v) is 10.0. The van der Waals surface area contributed by atoms with Gasteiger partial charge in [-0.3, -0.25) is 0 Å². The van der Waals surface area contributed by atoms with Gasteiger partial charge >= 0.3 is 0 Å². The van der Waals surface area contributed by atoms with Gasteiger partial charge in [-0.15, -0.1) is 0 Å². The number of hydrogen-bond donors (Lipinski definition) is 2. The second kappa shape index (κ2) is 4.23. The number of imidazole rings is 1. The number of nitrogens with one attached hydrogen (secondary N) is 1.